The molecule has 0 aliphatic rings. The van der Waals surface area contributed by atoms with E-state index in [0.29, 0.717) is 23.9 Å². The van der Waals surface area contributed by atoms with Crippen LogP contribution >= 0.6 is 12.4 Å². The van der Waals surface area contributed by atoms with E-state index in [-0.39, 0.29) is 41.4 Å². The van der Waals surface area contributed by atoms with Crippen molar-refractivity contribution in [3.8, 4) is 0 Å². The minimum Gasteiger partial charge on any atom is -0.344 e. The first-order valence-electron chi connectivity index (χ1n) is 8.72. The van der Waals surface area contributed by atoms with E-state index >= 15 is 0 Å². The molecule has 1 unspecified atom stereocenters. The van der Waals surface area contributed by atoms with Gasteiger partial charge in [0.05, 0.1) is 10.9 Å². The topological polar surface area (TPSA) is 90.0 Å². The fourth-order valence-corrected chi connectivity index (χ4v) is 2.62. The highest BCUT2D eigenvalue weighted by Crippen LogP contribution is 2.18. The molecule has 1 aromatic heterocycles. The van der Waals surface area contributed by atoms with Crippen molar-refractivity contribution in [2.75, 3.05) is 6.54 Å². The SMILES string of the molecule is CC(C)Cn1nc(C(=O)NC(C)(CN)C(C)C)c2ccccc2c1=O.Cl. The van der Waals surface area contributed by atoms with Gasteiger partial charge in [0.2, 0.25) is 0 Å². The summed E-state index contributed by atoms with van der Waals surface area (Å²) in [7, 11) is 0. The number of nitrogens with zero attached hydrogens (tertiary/aromatic N) is 2. The highest BCUT2D eigenvalue weighted by Gasteiger charge is 2.30. The molecule has 144 valence electrons. The van der Waals surface area contributed by atoms with Crippen LogP contribution in [0.3, 0.4) is 0 Å². The van der Waals surface area contributed by atoms with Gasteiger partial charge >= 0.3 is 0 Å². The lowest BCUT2D eigenvalue weighted by Crippen LogP contribution is -2.55. The van der Waals surface area contributed by atoms with Gasteiger partial charge in [0.15, 0.2) is 5.69 Å². The standard InChI is InChI=1S/C19H28N4O2.ClH/c1-12(2)10-23-18(25)15-9-7-6-8-14(15)16(22-23)17(24)21-19(5,11-20)13(3)4;/h6-9,12-13H,10-11,20H2,1-5H3,(H,21,24);1H. The van der Waals surface area contributed by atoms with Crippen molar-refractivity contribution in [3.63, 3.8) is 0 Å². The smallest absolute Gasteiger partial charge is 0.274 e. The third kappa shape index (κ3) is 4.43. The van der Waals surface area contributed by atoms with E-state index in [4.69, 9.17) is 5.73 Å². The predicted octanol–water partition coefficient (Wildman–Crippen LogP) is 2.58. The van der Waals surface area contributed by atoms with Crippen LogP contribution in [0, 0.1) is 11.8 Å². The molecule has 1 atom stereocenters. The number of fused-ring (bicyclic) bond motifs is 1. The summed E-state index contributed by atoms with van der Waals surface area (Å²) in [6.45, 7) is 10.7. The van der Waals surface area contributed by atoms with Crippen LogP contribution in [-0.4, -0.2) is 27.8 Å². The molecule has 1 amide bonds. The summed E-state index contributed by atoms with van der Waals surface area (Å²) < 4.78 is 1.39. The molecule has 0 fully saturated rings. The molecule has 0 bridgehead atoms. The van der Waals surface area contributed by atoms with Gasteiger partial charge in [0.25, 0.3) is 11.5 Å². The molecule has 1 aromatic carbocycles. The maximum atomic E-state index is 12.9. The van der Waals surface area contributed by atoms with Crippen LogP contribution in [0.4, 0.5) is 0 Å². The quantitative estimate of drug-likeness (QED) is 0.805. The van der Waals surface area contributed by atoms with Gasteiger partial charge in [0, 0.05) is 18.5 Å². The summed E-state index contributed by atoms with van der Waals surface area (Å²) in [6.07, 6.45) is 0. The van der Waals surface area contributed by atoms with E-state index in [1.54, 1.807) is 24.3 Å². The monoisotopic (exact) mass is 380 g/mol. The fraction of sp³-hybridized carbons (Fsp3) is 0.526. The molecule has 3 N–H and O–H groups in total. The van der Waals surface area contributed by atoms with Crippen molar-refractivity contribution in [3.05, 3.63) is 40.3 Å². The number of carbonyl (C=O) groups is 1. The van der Waals surface area contributed by atoms with E-state index in [9.17, 15) is 9.59 Å². The predicted molar refractivity (Wildman–Crippen MR) is 108 cm³/mol. The van der Waals surface area contributed by atoms with Gasteiger partial charge < -0.3 is 11.1 Å². The molecule has 1 heterocycles. The lowest BCUT2D eigenvalue weighted by Gasteiger charge is -2.33. The van der Waals surface area contributed by atoms with Crippen LogP contribution in [0.1, 0.15) is 45.1 Å². The van der Waals surface area contributed by atoms with Crippen LogP contribution in [0.15, 0.2) is 29.1 Å². The number of rotatable bonds is 6. The number of nitrogens with two attached hydrogens (primary N) is 1. The van der Waals surface area contributed by atoms with E-state index < -0.39 is 5.54 Å². The third-order valence-electron chi connectivity index (χ3n) is 4.72. The van der Waals surface area contributed by atoms with E-state index in [1.165, 1.54) is 4.68 Å². The number of amides is 1. The Morgan fingerprint density at radius 3 is 2.31 bits per heavy atom. The molecule has 0 saturated carbocycles. The lowest BCUT2D eigenvalue weighted by molar-refractivity contribution is 0.0877. The van der Waals surface area contributed by atoms with Crippen LogP contribution in [0.5, 0.6) is 0 Å². The summed E-state index contributed by atoms with van der Waals surface area (Å²) in [5, 5.41) is 8.44. The second-order valence-electron chi connectivity index (χ2n) is 7.51. The van der Waals surface area contributed by atoms with Gasteiger partial charge in [-0.2, -0.15) is 5.10 Å². The number of nitrogens with one attached hydrogen (secondary N) is 1. The van der Waals surface area contributed by atoms with Crippen molar-refractivity contribution in [2.45, 2.75) is 46.7 Å². The van der Waals surface area contributed by atoms with Crippen molar-refractivity contribution < 1.29 is 4.79 Å². The lowest BCUT2D eigenvalue weighted by atomic mass is 9.88. The summed E-state index contributed by atoms with van der Waals surface area (Å²) in [5.41, 5.74) is 5.42. The molecule has 6 nitrogen and oxygen atoms in total. The van der Waals surface area contributed by atoms with Crippen LogP contribution < -0.4 is 16.6 Å². The molecule has 7 heteroatoms. The van der Waals surface area contributed by atoms with Crippen LogP contribution in [-0.2, 0) is 6.54 Å². The second kappa shape index (κ2) is 8.64. The Balaban J connectivity index is 0.00000338. The molecule has 0 saturated heterocycles. The zero-order chi connectivity index (χ0) is 18.8. The maximum absolute atomic E-state index is 12.9. The Bertz CT molecular complexity index is 832. The zero-order valence-electron chi connectivity index (χ0n) is 16.1. The largest absolute Gasteiger partial charge is 0.344 e. The van der Waals surface area contributed by atoms with E-state index in [1.807, 2.05) is 34.6 Å². The molecule has 2 rings (SSSR count). The summed E-state index contributed by atoms with van der Waals surface area (Å²) >= 11 is 0. The zero-order valence-corrected chi connectivity index (χ0v) is 16.9. The van der Waals surface area contributed by atoms with Crippen molar-refractivity contribution in [2.24, 2.45) is 17.6 Å². The van der Waals surface area contributed by atoms with Gasteiger partial charge in [-0.05, 0) is 24.8 Å². The Kier molecular flexibility index (Phi) is 7.35. The first-order valence-corrected chi connectivity index (χ1v) is 8.72. The van der Waals surface area contributed by atoms with Gasteiger partial charge in [0.1, 0.15) is 0 Å². The number of benzene rings is 1. The minimum atomic E-state index is -0.543. The molecule has 0 aliphatic heterocycles. The Hall–Kier alpha value is -1.92. The minimum absolute atomic E-state index is 0. The Morgan fingerprint density at radius 2 is 1.81 bits per heavy atom. The average molecular weight is 381 g/mol. The molecular weight excluding hydrogens is 352 g/mol. The molecule has 0 aliphatic carbocycles. The van der Waals surface area contributed by atoms with Crippen LogP contribution in [0.2, 0.25) is 0 Å². The first-order chi connectivity index (χ1) is 11.7. The molecule has 0 radical (unpaired) electrons. The van der Waals surface area contributed by atoms with Gasteiger partial charge in [-0.3, -0.25) is 9.59 Å². The number of halogens is 1. The maximum Gasteiger partial charge on any atom is 0.274 e. The molecule has 26 heavy (non-hydrogen) atoms. The highest BCUT2D eigenvalue weighted by atomic mass is 35.5. The summed E-state index contributed by atoms with van der Waals surface area (Å²) in [5.74, 6) is 0.0943. The van der Waals surface area contributed by atoms with Crippen LogP contribution in [0.25, 0.3) is 10.8 Å². The van der Waals surface area contributed by atoms with Gasteiger partial charge in [-0.15, -0.1) is 12.4 Å². The van der Waals surface area contributed by atoms with E-state index in [2.05, 4.69) is 10.4 Å². The Morgan fingerprint density at radius 1 is 1.23 bits per heavy atom. The van der Waals surface area contributed by atoms with Gasteiger partial charge in [-0.25, -0.2) is 4.68 Å². The average Bonchev–Trinajstić information content (AvgIpc) is 2.56. The summed E-state index contributed by atoms with van der Waals surface area (Å²) in [4.78, 5) is 25.6. The van der Waals surface area contributed by atoms with Crippen molar-refractivity contribution >= 4 is 29.1 Å². The van der Waals surface area contributed by atoms with Crippen molar-refractivity contribution in [1.29, 1.82) is 0 Å². The highest BCUT2D eigenvalue weighted by molar-refractivity contribution is 6.05. The number of hydrogen-bond acceptors (Lipinski definition) is 4. The number of aromatic nitrogens is 2. The Labute approximate surface area is 160 Å². The normalized spacial score (nSPS) is 13.5. The summed E-state index contributed by atoms with van der Waals surface area (Å²) in [6, 6.07) is 7.09. The molecule has 0 spiro atoms. The second-order valence-corrected chi connectivity index (χ2v) is 7.51. The van der Waals surface area contributed by atoms with E-state index in [0.717, 1.165) is 0 Å². The van der Waals surface area contributed by atoms with Crippen molar-refractivity contribution in [1.82, 2.24) is 15.1 Å². The first kappa shape index (κ1) is 22.1. The fourth-order valence-electron chi connectivity index (χ4n) is 2.62. The molecular formula is C19H29ClN4O2. The van der Waals surface area contributed by atoms with Gasteiger partial charge in [-0.1, -0.05) is 45.9 Å². The third-order valence-corrected chi connectivity index (χ3v) is 4.72. The number of hydrogen-bond donors (Lipinski definition) is 2. The number of carbonyl (C=O) groups excluding carboxylic acids is 1. The molecule has 2 aromatic rings.